The Morgan fingerprint density at radius 3 is 2.62 bits per heavy atom. The van der Waals surface area contributed by atoms with Crippen LogP contribution in [0.5, 0.6) is 0 Å². The number of hydrogen-bond acceptors (Lipinski definition) is 3. The number of rotatable bonds is 4. The van der Waals surface area contributed by atoms with Gasteiger partial charge in [0.2, 0.25) is 0 Å². The topological polar surface area (TPSA) is 78.9 Å². The maximum Gasteiger partial charge on any atom is 0.326 e. The predicted octanol–water partition coefficient (Wildman–Crippen LogP) is 1.69. The number of methoxy groups -OCH3 is 1. The molecule has 5 atom stereocenters. The van der Waals surface area contributed by atoms with E-state index in [9.17, 15) is 14.7 Å². The fourth-order valence-corrected chi connectivity index (χ4v) is 3.70. The van der Waals surface area contributed by atoms with Gasteiger partial charge in [-0.05, 0) is 24.7 Å². The van der Waals surface area contributed by atoms with E-state index in [1.807, 2.05) is 0 Å². The van der Waals surface area contributed by atoms with Crippen molar-refractivity contribution in [3.05, 3.63) is 0 Å². The molecule has 0 aromatic rings. The normalized spacial score (nSPS) is 36.0. The maximum absolute atomic E-state index is 12.4. The van der Waals surface area contributed by atoms with Crippen molar-refractivity contribution in [3.63, 3.8) is 0 Å². The van der Waals surface area contributed by atoms with Gasteiger partial charge in [0.15, 0.2) is 0 Å². The summed E-state index contributed by atoms with van der Waals surface area (Å²) in [5, 5.41) is 12.3. The lowest BCUT2D eigenvalue weighted by Crippen LogP contribution is -2.50. The fourth-order valence-electron chi connectivity index (χ4n) is 3.70. The van der Waals surface area contributed by atoms with Crippen molar-refractivity contribution in [3.8, 4) is 0 Å². The van der Waals surface area contributed by atoms with E-state index < -0.39 is 12.0 Å². The van der Waals surface area contributed by atoms with Gasteiger partial charge in [0, 0.05) is 26.1 Å². The first kappa shape index (κ1) is 16.1. The first-order valence-electron chi connectivity index (χ1n) is 7.80. The molecule has 2 amide bonds. The van der Waals surface area contributed by atoms with E-state index in [-0.39, 0.29) is 18.2 Å². The standard InChI is InChI=1S/C15H26N2O4/c1-4-10-5-6-12(9(10)2)16-15(20)17-8-11(21-3)7-13(17)14(18)19/h9-13H,4-8H2,1-3H3,(H,16,20)(H,18,19). The molecule has 6 nitrogen and oxygen atoms in total. The van der Waals surface area contributed by atoms with E-state index in [0.29, 0.717) is 24.8 Å². The van der Waals surface area contributed by atoms with Crippen LogP contribution in [0.25, 0.3) is 0 Å². The molecule has 1 heterocycles. The SMILES string of the molecule is CCC1CCC(NC(=O)N2CC(OC)CC2C(=O)O)C1C. The van der Waals surface area contributed by atoms with Crippen LogP contribution in [0.3, 0.4) is 0 Å². The van der Waals surface area contributed by atoms with Crippen LogP contribution in [0.15, 0.2) is 0 Å². The molecule has 1 saturated heterocycles. The molecule has 2 N–H and O–H groups in total. The van der Waals surface area contributed by atoms with E-state index in [0.717, 1.165) is 19.3 Å². The van der Waals surface area contributed by atoms with Crippen LogP contribution in [-0.2, 0) is 9.53 Å². The molecule has 2 rings (SSSR count). The first-order chi connectivity index (χ1) is 9.97. The third kappa shape index (κ3) is 3.31. The Morgan fingerprint density at radius 2 is 2.10 bits per heavy atom. The molecule has 0 aromatic heterocycles. The minimum absolute atomic E-state index is 0.151. The highest BCUT2D eigenvalue weighted by Gasteiger charge is 2.41. The second-order valence-electron chi connectivity index (χ2n) is 6.26. The van der Waals surface area contributed by atoms with Crippen molar-refractivity contribution in [2.75, 3.05) is 13.7 Å². The number of carboxylic acids is 1. The number of carbonyl (C=O) groups excluding carboxylic acids is 1. The van der Waals surface area contributed by atoms with E-state index in [1.54, 1.807) is 7.11 Å². The largest absolute Gasteiger partial charge is 0.480 e. The third-order valence-electron chi connectivity index (χ3n) is 5.20. The summed E-state index contributed by atoms with van der Waals surface area (Å²) in [6.07, 6.45) is 3.40. The van der Waals surface area contributed by atoms with E-state index >= 15 is 0 Å². The predicted molar refractivity (Wildman–Crippen MR) is 78.0 cm³/mol. The Balaban J connectivity index is 1.97. The third-order valence-corrected chi connectivity index (χ3v) is 5.20. The van der Waals surface area contributed by atoms with Crippen LogP contribution < -0.4 is 5.32 Å². The summed E-state index contributed by atoms with van der Waals surface area (Å²) < 4.78 is 5.21. The fraction of sp³-hybridized carbons (Fsp3) is 0.867. The van der Waals surface area contributed by atoms with Gasteiger partial charge in [0.25, 0.3) is 0 Å². The number of aliphatic carboxylic acids is 1. The average Bonchev–Trinajstić information content (AvgIpc) is 3.03. The summed E-state index contributed by atoms with van der Waals surface area (Å²) in [4.78, 5) is 25.1. The molecule has 1 aliphatic carbocycles. The molecule has 2 aliphatic rings. The second kappa shape index (κ2) is 6.64. The molecular weight excluding hydrogens is 272 g/mol. The highest BCUT2D eigenvalue weighted by atomic mass is 16.5. The zero-order valence-electron chi connectivity index (χ0n) is 13.0. The number of carboxylic acid groups (broad SMARTS) is 1. The molecule has 1 aliphatic heterocycles. The van der Waals surface area contributed by atoms with Gasteiger partial charge in [-0.1, -0.05) is 20.3 Å². The van der Waals surface area contributed by atoms with Gasteiger partial charge in [-0.25, -0.2) is 9.59 Å². The lowest BCUT2D eigenvalue weighted by atomic mass is 9.93. The van der Waals surface area contributed by atoms with E-state index in [2.05, 4.69) is 19.2 Å². The van der Waals surface area contributed by atoms with Crippen molar-refractivity contribution >= 4 is 12.0 Å². The van der Waals surface area contributed by atoms with Gasteiger partial charge in [-0.2, -0.15) is 0 Å². The monoisotopic (exact) mass is 298 g/mol. The molecule has 120 valence electrons. The quantitative estimate of drug-likeness (QED) is 0.828. The van der Waals surface area contributed by atoms with Crippen LogP contribution in [0.1, 0.15) is 39.5 Å². The number of likely N-dealkylation sites (tertiary alicyclic amines) is 1. The van der Waals surface area contributed by atoms with Crippen LogP contribution in [0, 0.1) is 11.8 Å². The Hall–Kier alpha value is -1.30. The molecular formula is C15H26N2O4. The van der Waals surface area contributed by atoms with Crippen molar-refractivity contribution in [2.45, 2.75) is 57.7 Å². The molecule has 21 heavy (non-hydrogen) atoms. The Morgan fingerprint density at radius 1 is 1.38 bits per heavy atom. The lowest BCUT2D eigenvalue weighted by Gasteiger charge is -2.26. The Kier molecular flexibility index (Phi) is 5.08. The van der Waals surface area contributed by atoms with E-state index in [1.165, 1.54) is 4.90 Å². The molecule has 0 radical (unpaired) electrons. The number of amides is 2. The molecule has 0 spiro atoms. The zero-order valence-corrected chi connectivity index (χ0v) is 13.0. The molecule has 5 unspecified atom stereocenters. The lowest BCUT2D eigenvalue weighted by molar-refractivity contribution is -0.141. The van der Waals surface area contributed by atoms with Crippen LogP contribution in [0.4, 0.5) is 4.79 Å². The van der Waals surface area contributed by atoms with Gasteiger partial charge in [-0.3, -0.25) is 0 Å². The molecule has 1 saturated carbocycles. The van der Waals surface area contributed by atoms with Gasteiger partial charge < -0.3 is 20.1 Å². The highest BCUT2D eigenvalue weighted by molar-refractivity contribution is 5.83. The van der Waals surface area contributed by atoms with Crippen molar-refractivity contribution in [2.24, 2.45) is 11.8 Å². The van der Waals surface area contributed by atoms with Crippen LogP contribution in [0.2, 0.25) is 0 Å². The summed E-state index contributed by atoms with van der Waals surface area (Å²) in [5.41, 5.74) is 0. The number of carbonyl (C=O) groups is 2. The molecule has 0 bridgehead atoms. The number of nitrogens with one attached hydrogen (secondary N) is 1. The molecule has 0 aromatic carbocycles. The summed E-state index contributed by atoms with van der Waals surface area (Å²) in [6.45, 7) is 4.69. The Bertz CT molecular complexity index is 401. The van der Waals surface area contributed by atoms with Crippen molar-refractivity contribution in [1.82, 2.24) is 10.2 Å². The maximum atomic E-state index is 12.4. The minimum atomic E-state index is -0.962. The summed E-state index contributed by atoms with van der Waals surface area (Å²) in [5.74, 6) is 0.134. The smallest absolute Gasteiger partial charge is 0.326 e. The Labute approximate surface area is 125 Å². The molecule has 2 fully saturated rings. The number of urea groups is 1. The summed E-state index contributed by atoms with van der Waals surface area (Å²) in [6, 6.07) is -0.900. The summed E-state index contributed by atoms with van der Waals surface area (Å²) >= 11 is 0. The van der Waals surface area contributed by atoms with Crippen molar-refractivity contribution < 1.29 is 19.4 Å². The number of nitrogens with zero attached hydrogens (tertiary/aromatic N) is 1. The van der Waals surface area contributed by atoms with Gasteiger partial charge in [0.1, 0.15) is 6.04 Å². The highest BCUT2D eigenvalue weighted by Crippen LogP contribution is 2.34. The van der Waals surface area contributed by atoms with Gasteiger partial charge >= 0.3 is 12.0 Å². The zero-order chi connectivity index (χ0) is 15.6. The number of hydrogen-bond donors (Lipinski definition) is 2. The first-order valence-corrected chi connectivity index (χ1v) is 7.80. The van der Waals surface area contributed by atoms with E-state index in [4.69, 9.17) is 4.74 Å². The molecule has 6 heteroatoms. The van der Waals surface area contributed by atoms with Crippen LogP contribution >= 0.6 is 0 Å². The summed E-state index contributed by atoms with van der Waals surface area (Å²) in [7, 11) is 1.55. The second-order valence-corrected chi connectivity index (χ2v) is 6.26. The average molecular weight is 298 g/mol. The minimum Gasteiger partial charge on any atom is -0.480 e. The number of ether oxygens (including phenoxy) is 1. The van der Waals surface area contributed by atoms with Gasteiger partial charge in [-0.15, -0.1) is 0 Å². The van der Waals surface area contributed by atoms with Crippen LogP contribution in [-0.4, -0.2) is 53.8 Å². The van der Waals surface area contributed by atoms with Gasteiger partial charge in [0.05, 0.1) is 6.10 Å². The van der Waals surface area contributed by atoms with Crippen molar-refractivity contribution in [1.29, 1.82) is 0 Å².